The Bertz CT molecular complexity index is 735. The van der Waals surface area contributed by atoms with Crippen molar-refractivity contribution in [3.63, 3.8) is 0 Å². The molecule has 0 heterocycles. The fourth-order valence-electron chi connectivity index (χ4n) is 1.94. The van der Waals surface area contributed by atoms with E-state index in [0.717, 1.165) is 11.1 Å². The van der Waals surface area contributed by atoms with E-state index in [1.165, 1.54) is 12.1 Å². The van der Waals surface area contributed by atoms with Crippen molar-refractivity contribution in [1.82, 2.24) is 0 Å². The van der Waals surface area contributed by atoms with Gasteiger partial charge < -0.3 is 5.11 Å². The molecule has 0 spiro atoms. The van der Waals surface area contributed by atoms with Gasteiger partial charge in [0.05, 0.1) is 11.0 Å². The first kappa shape index (κ1) is 15.5. The first-order chi connectivity index (χ1) is 9.79. The number of sulfonamides is 1. The third-order valence-corrected chi connectivity index (χ3v) is 4.83. The van der Waals surface area contributed by atoms with Crippen molar-refractivity contribution in [2.45, 2.75) is 31.8 Å². The number of hydrogen-bond acceptors (Lipinski definition) is 3. The van der Waals surface area contributed by atoms with E-state index in [9.17, 15) is 13.5 Å². The zero-order valence-electron chi connectivity index (χ0n) is 12.3. The molecule has 0 aromatic heterocycles. The third-order valence-electron chi connectivity index (χ3n) is 3.43. The minimum Gasteiger partial charge on any atom is -0.389 e. The average Bonchev–Trinajstić information content (AvgIpc) is 2.43. The van der Waals surface area contributed by atoms with Crippen molar-refractivity contribution in [3.8, 4) is 0 Å². The van der Waals surface area contributed by atoms with Gasteiger partial charge in [-0.25, -0.2) is 8.42 Å². The van der Waals surface area contributed by atoms with Crippen LogP contribution in [0.1, 0.15) is 29.7 Å². The van der Waals surface area contributed by atoms with Crippen molar-refractivity contribution in [3.05, 3.63) is 59.2 Å². The summed E-state index contributed by atoms with van der Waals surface area (Å²) in [7, 11) is -3.62. The predicted molar refractivity (Wildman–Crippen MR) is 83.8 cm³/mol. The lowest BCUT2D eigenvalue weighted by atomic mass is 10.1. The van der Waals surface area contributed by atoms with Crippen LogP contribution in [0.3, 0.4) is 0 Å². The lowest BCUT2D eigenvalue weighted by Crippen LogP contribution is -2.13. The zero-order valence-corrected chi connectivity index (χ0v) is 13.1. The van der Waals surface area contributed by atoms with Gasteiger partial charge in [-0.15, -0.1) is 0 Å². The van der Waals surface area contributed by atoms with Gasteiger partial charge in [-0.2, -0.15) is 0 Å². The van der Waals surface area contributed by atoms with Crippen LogP contribution in [0.5, 0.6) is 0 Å². The molecule has 0 saturated heterocycles. The molecule has 0 aliphatic carbocycles. The van der Waals surface area contributed by atoms with E-state index in [4.69, 9.17) is 0 Å². The van der Waals surface area contributed by atoms with Crippen molar-refractivity contribution < 1.29 is 13.5 Å². The maximum Gasteiger partial charge on any atom is 0.261 e. The molecule has 0 amide bonds. The normalized spacial score (nSPS) is 13.0. The second kappa shape index (κ2) is 5.87. The van der Waals surface area contributed by atoms with Gasteiger partial charge in [0, 0.05) is 5.69 Å². The Hall–Kier alpha value is -1.85. The number of aryl methyl sites for hydroxylation is 2. The quantitative estimate of drug-likeness (QED) is 0.912. The molecule has 0 aliphatic rings. The molecule has 2 rings (SSSR count). The summed E-state index contributed by atoms with van der Waals surface area (Å²) in [6.45, 7) is 5.55. The van der Waals surface area contributed by atoms with E-state index in [2.05, 4.69) is 4.72 Å². The minimum atomic E-state index is -3.62. The number of anilines is 1. The van der Waals surface area contributed by atoms with Crippen molar-refractivity contribution in [2.24, 2.45) is 0 Å². The smallest absolute Gasteiger partial charge is 0.261 e. The first-order valence-electron chi connectivity index (χ1n) is 6.68. The lowest BCUT2D eigenvalue weighted by Gasteiger charge is -2.11. The van der Waals surface area contributed by atoms with Gasteiger partial charge in [-0.05, 0) is 61.7 Å². The van der Waals surface area contributed by atoms with Crippen LogP contribution in [0, 0.1) is 13.8 Å². The largest absolute Gasteiger partial charge is 0.389 e. The fraction of sp³-hybridized carbons (Fsp3) is 0.250. The molecule has 2 N–H and O–H groups in total. The molecule has 112 valence electrons. The van der Waals surface area contributed by atoms with Crippen LogP contribution in [0.2, 0.25) is 0 Å². The maximum absolute atomic E-state index is 12.3. The highest BCUT2D eigenvalue weighted by Gasteiger charge is 2.14. The average molecular weight is 305 g/mol. The molecule has 21 heavy (non-hydrogen) atoms. The SMILES string of the molecule is Cc1ccc(NS(=O)(=O)c2ccc(C(C)O)cc2)cc1C. The maximum atomic E-state index is 12.3. The molecule has 4 nitrogen and oxygen atoms in total. The number of rotatable bonds is 4. The Labute approximate surface area is 125 Å². The summed E-state index contributed by atoms with van der Waals surface area (Å²) in [6.07, 6.45) is -0.616. The Morgan fingerprint density at radius 3 is 2.14 bits per heavy atom. The van der Waals surface area contributed by atoms with E-state index in [-0.39, 0.29) is 4.90 Å². The minimum absolute atomic E-state index is 0.171. The van der Waals surface area contributed by atoms with Crippen LogP contribution in [-0.4, -0.2) is 13.5 Å². The summed E-state index contributed by atoms with van der Waals surface area (Å²) < 4.78 is 27.2. The van der Waals surface area contributed by atoms with Gasteiger partial charge in [0.15, 0.2) is 0 Å². The Morgan fingerprint density at radius 1 is 1.00 bits per heavy atom. The number of aliphatic hydroxyl groups excluding tert-OH is 1. The number of hydrogen-bond donors (Lipinski definition) is 2. The van der Waals surface area contributed by atoms with Crippen LogP contribution < -0.4 is 4.72 Å². The fourth-order valence-corrected chi connectivity index (χ4v) is 2.99. The van der Waals surface area contributed by atoms with Crippen molar-refractivity contribution >= 4 is 15.7 Å². The monoisotopic (exact) mass is 305 g/mol. The Balaban J connectivity index is 2.27. The number of nitrogens with one attached hydrogen (secondary N) is 1. The van der Waals surface area contributed by atoms with Crippen LogP contribution in [0.4, 0.5) is 5.69 Å². The highest BCUT2D eigenvalue weighted by Crippen LogP contribution is 2.20. The zero-order chi connectivity index (χ0) is 15.6. The van der Waals surface area contributed by atoms with Gasteiger partial charge in [0.1, 0.15) is 0 Å². The van der Waals surface area contributed by atoms with Crippen LogP contribution in [0.25, 0.3) is 0 Å². The number of aliphatic hydroxyl groups is 1. The third kappa shape index (κ3) is 3.62. The van der Waals surface area contributed by atoms with Crippen LogP contribution in [-0.2, 0) is 10.0 Å². The van der Waals surface area contributed by atoms with Gasteiger partial charge in [0.25, 0.3) is 10.0 Å². The van der Waals surface area contributed by atoms with Gasteiger partial charge in [-0.3, -0.25) is 4.72 Å². The van der Waals surface area contributed by atoms with Gasteiger partial charge in [-0.1, -0.05) is 18.2 Å². The molecule has 2 aromatic carbocycles. The molecule has 1 atom stereocenters. The molecule has 5 heteroatoms. The van der Waals surface area contributed by atoms with Crippen LogP contribution >= 0.6 is 0 Å². The van der Waals surface area contributed by atoms with Crippen molar-refractivity contribution in [2.75, 3.05) is 4.72 Å². The van der Waals surface area contributed by atoms with E-state index in [1.54, 1.807) is 31.2 Å². The van der Waals surface area contributed by atoms with E-state index in [1.807, 2.05) is 19.9 Å². The summed E-state index contributed by atoms with van der Waals surface area (Å²) in [5.74, 6) is 0. The van der Waals surface area contributed by atoms with E-state index in [0.29, 0.717) is 11.3 Å². The summed E-state index contributed by atoms with van der Waals surface area (Å²) in [5, 5.41) is 9.44. The Morgan fingerprint density at radius 2 is 1.62 bits per heavy atom. The van der Waals surface area contributed by atoms with E-state index >= 15 is 0 Å². The highest BCUT2D eigenvalue weighted by atomic mass is 32.2. The van der Waals surface area contributed by atoms with E-state index < -0.39 is 16.1 Å². The van der Waals surface area contributed by atoms with Gasteiger partial charge >= 0.3 is 0 Å². The van der Waals surface area contributed by atoms with Crippen molar-refractivity contribution in [1.29, 1.82) is 0 Å². The highest BCUT2D eigenvalue weighted by molar-refractivity contribution is 7.92. The topological polar surface area (TPSA) is 66.4 Å². The predicted octanol–water partition coefficient (Wildman–Crippen LogP) is 3.16. The molecule has 2 aromatic rings. The van der Waals surface area contributed by atoms with Gasteiger partial charge in [0.2, 0.25) is 0 Å². The summed E-state index contributed by atoms with van der Waals surface area (Å²) in [6, 6.07) is 11.6. The Kier molecular flexibility index (Phi) is 4.34. The summed E-state index contributed by atoms with van der Waals surface area (Å²) in [4.78, 5) is 0.171. The van der Waals surface area contributed by atoms with Crippen LogP contribution in [0.15, 0.2) is 47.4 Å². The molecule has 0 radical (unpaired) electrons. The summed E-state index contributed by atoms with van der Waals surface area (Å²) in [5.41, 5.74) is 3.36. The molecule has 0 bridgehead atoms. The second-order valence-corrected chi connectivity index (χ2v) is 6.83. The molecule has 1 unspecified atom stereocenters. The lowest BCUT2D eigenvalue weighted by molar-refractivity contribution is 0.199. The standard InChI is InChI=1S/C16H19NO3S/c1-11-4-7-15(10-12(11)2)17-21(19,20)16-8-5-14(6-9-16)13(3)18/h4-10,13,17-18H,1-3H3. The molecule has 0 saturated carbocycles. The summed E-state index contributed by atoms with van der Waals surface area (Å²) >= 11 is 0. The number of benzene rings is 2. The molecule has 0 fully saturated rings. The molecular formula is C16H19NO3S. The molecule has 0 aliphatic heterocycles. The molecular weight excluding hydrogens is 286 g/mol. The first-order valence-corrected chi connectivity index (χ1v) is 8.16. The second-order valence-electron chi connectivity index (χ2n) is 5.15.